The average molecular weight is 411 g/mol. The van der Waals surface area contributed by atoms with E-state index in [0.29, 0.717) is 10.0 Å². The highest BCUT2D eigenvalue weighted by Crippen LogP contribution is 2.31. The molecule has 1 aromatic heterocycles. The van der Waals surface area contributed by atoms with E-state index in [2.05, 4.69) is 16.5 Å². The Hall–Kier alpha value is -1.03. The molecule has 1 unspecified atom stereocenters. The quantitative estimate of drug-likeness (QED) is 0.301. The molecule has 3 nitrogen and oxygen atoms in total. The number of aromatic nitrogens is 2. The third-order valence-electron chi connectivity index (χ3n) is 4.83. The largest absolute Gasteiger partial charge is 0.373 e. The molecule has 0 aliphatic heterocycles. The van der Waals surface area contributed by atoms with Crippen LogP contribution in [0.2, 0.25) is 10.0 Å². The maximum atomic E-state index is 6.42. The first-order chi connectivity index (χ1) is 13.2. The zero-order valence-corrected chi connectivity index (χ0v) is 17.9. The van der Waals surface area contributed by atoms with Gasteiger partial charge in [0.1, 0.15) is 0 Å². The third kappa shape index (κ3) is 8.68. The first kappa shape index (κ1) is 22.3. The number of imidazole rings is 1. The summed E-state index contributed by atoms with van der Waals surface area (Å²) in [6, 6.07) is 5.66. The van der Waals surface area contributed by atoms with Crippen LogP contribution < -0.4 is 0 Å². The van der Waals surface area contributed by atoms with Gasteiger partial charge >= 0.3 is 0 Å². The highest BCUT2D eigenvalue weighted by Gasteiger charge is 2.16. The van der Waals surface area contributed by atoms with Gasteiger partial charge in [0.15, 0.2) is 0 Å². The standard InChI is InChI=1S/C22H32Cl2N2O/c1-2-3-4-5-6-7-8-9-16-27-22(12-14-26-15-13-25-18-26)20-11-10-19(23)17-21(20)24/h10-11,13,15,17-18,22H,2-9,12,14,16H2,1H3. The van der Waals surface area contributed by atoms with Crippen molar-refractivity contribution in [2.75, 3.05) is 6.61 Å². The summed E-state index contributed by atoms with van der Waals surface area (Å²) >= 11 is 12.5. The number of ether oxygens (including phenoxy) is 1. The van der Waals surface area contributed by atoms with E-state index in [9.17, 15) is 0 Å². The van der Waals surface area contributed by atoms with Gasteiger partial charge in [0.05, 0.1) is 12.4 Å². The van der Waals surface area contributed by atoms with Crippen LogP contribution in [0.1, 0.15) is 76.4 Å². The molecule has 0 fully saturated rings. The Balaban J connectivity index is 1.78. The van der Waals surface area contributed by atoms with E-state index in [1.54, 1.807) is 12.3 Å². The molecule has 0 bridgehead atoms. The van der Waals surface area contributed by atoms with E-state index in [1.165, 1.54) is 44.9 Å². The molecule has 0 saturated carbocycles. The van der Waals surface area contributed by atoms with E-state index in [1.807, 2.05) is 24.7 Å². The van der Waals surface area contributed by atoms with E-state index >= 15 is 0 Å². The van der Waals surface area contributed by atoms with Crippen LogP contribution in [-0.2, 0) is 11.3 Å². The molecule has 1 atom stereocenters. The molecule has 0 spiro atoms. The summed E-state index contributed by atoms with van der Waals surface area (Å²) in [5, 5.41) is 1.33. The molecular weight excluding hydrogens is 379 g/mol. The molecule has 0 aliphatic rings. The second-order valence-electron chi connectivity index (χ2n) is 7.09. The lowest BCUT2D eigenvalue weighted by Crippen LogP contribution is -2.10. The molecule has 2 rings (SSSR count). The summed E-state index contributed by atoms with van der Waals surface area (Å²) in [4.78, 5) is 4.10. The van der Waals surface area contributed by atoms with Crippen LogP contribution in [-0.4, -0.2) is 16.2 Å². The summed E-state index contributed by atoms with van der Waals surface area (Å²) in [5.41, 5.74) is 1.01. The van der Waals surface area contributed by atoms with Crippen molar-refractivity contribution < 1.29 is 4.74 Å². The lowest BCUT2D eigenvalue weighted by atomic mass is 10.1. The number of benzene rings is 1. The third-order valence-corrected chi connectivity index (χ3v) is 5.40. The van der Waals surface area contributed by atoms with Crippen molar-refractivity contribution >= 4 is 23.2 Å². The van der Waals surface area contributed by atoms with Crippen LogP contribution in [0.5, 0.6) is 0 Å². The van der Waals surface area contributed by atoms with E-state index < -0.39 is 0 Å². The monoisotopic (exact) mass is 410 g/mol. The van der Waals surface area contributed by atoms with Gasteiger partial charge in [-0.15, -0.1) is 0 Å². The highest BCUT2D eigenvalue weighted by molar-refractivity contribution is 6.35. The van der Waals surface area contributed by atoms with Gasteiger partial charge in [-0.2, -0.15) is 0 Å². The Morgan fingerprint density at radius 3 is 2.44 bits per heavy atom. The van der Waals surface area contributed by atoms with Crippen molar-refractivity contribution in [3.05, 3.63) is 52.5 Å². The van der Waals surface area contributed by atoms with Gasteiger partial charge in [0.25, 0.3) is 0 Å². The lowest BCUT2D eigenvalue weighted by molar-refractivity contribution is 0.0410. The molecule has 2 aromatic rings. The summed E-state index contributed by atoms with van der Waals surface area (Å²) in [6.45, 7) is 3.87. The number of aryl methyl sites for hydroxylation is 1. The molecule has 0 aliphatic carbocycles. The minimum Gasteiger partial charge on any atom is -0.373 e. The van der Waals surface area contributed by atoms with Crippen molar-refractivity contribution in [2.24, 2.45) is 0 Å². The molecule has 150 valence electrons. The first-order valence-corrected chi connectivity index (χ1v) is 11.0. The Morgan fingerprint density at radius 2 is 1.78 bits per heavy atom. The van der Waals surface area contributed by atoms with Crippen LogP contribution in [0.3, 0.4) is 0 Å². The molecule has 0 radical (unpaired) electrons. The molecule has 0 amide bonds. The van der Waals surface area contributed by atoms with Crippen LogP contribution in [0, 0.1) is 0 Å². The number of hydrogen-bond donors (Lipinski definition) is 0. The second kappa shape index (κ2) is 13.2. The first-order valence-electron chi connectivity index (χ1n) is 10.2. The van der Waals surface area contributed by atoms with E-state index in [4.69, 9.17) is 27.9 Å². The van der Waals surface area contributed by atoms with Gasteiger partial charge in [0.2, 0.25) is 0 Å². The van der Waals surface area contributed by atoms with E-state index in [0.717, 1.165) is 31.6 Å². The minimum absolute atomic E-state index is 0.0262. The predicted molar refractivity (Wildman–Crippen MR) is 115 cm³/mol. The zero-order chi connectivity index (χ0) is 19.3. The fourth-order valence-corrected chi connectivity index (χ4v) is 3.77. The Morgan fingerprint density at radius 1 is 1.04 bits per heavy atom. The van der Waals surface area contributed by atoms with Gasteiger partial charge in [0, 0.05) is 35.6 Å². The number of nitrogens with zero attached hydrogens (tertiary/aromatic N) is 2. The Bertz CT molecular complexity index is 631. The average Bonchev–Trinajstić information content (AvgIpc) is 3.17. The maximum Gasteiger partial charge on any atom is 0.0945 e. The Kier molecular flexibility index (Phi) is 10.9. The van der Waals surface area contributed by atoms with Crippen molar-refractivity contribution in [3.63, 3.8) is 0 Å². The minimum atomic E-state index is -0.0262. The Labute approximate surface area is 174 Å². The predicted octanol–water partition coefficient (Wildman–Crippen LogP) is 7.48. The number of hydrogen-bond acceptors (Lipinski definition) is 2. The van der Waals surface area contributed by atoms with Crippen molar-refractivity contribution in [1.29, 1.82) is 0 Å². The fourth-order valence-electron chi connectivity index (χ4n) is 3.24. The molecule has 1 aromatic carbocycles. The number of rotatable bonds is 14. The van der Waals surface area contributed by atoms with Crippen molar-refractivity contribution in [2.45, 2.75) is 77.4 Å². The fraction of sp³-hybridized carbons (Fsp3) is 0.591. The zero-order valence-electron chi connectivity index (χ0n) is 16.4. The summed E-state index contributed by atoms with van der Waals surface area (Å²) in [5.74, 6) is 0. The van der Waals surface area contributed by atoms with Crippen LogP contribution in [0.15, 0.2) is 36.9 Å². The van der Waals surface area contributed by atoms with Gasteiger partial charge < -0.3 is 9.30 Å². The molecule has 27 heavy (non-hydrogen) atoms. The smallest absolute Gasteiger partial charge is 0.0945 e. The van der Waals surface area contributed by atoms with Gasteiger partial charge in [-0.1, -0.05) is 81.1 Å². The molecular formula is C22H32Cl2N2O. The van der Waals surface area contributed by atoms with Gasteiger partial charge in [-0.05, 0) is 30.5 Å². The SMILES string of the molecule is CCCCCCCCCCOC(CCn1ccnc1)c1ccc(Cl)cc1Cl. The van der Waals surface area contributed by atoms with Crippen molar-refractivity contribution in [1.82, 2.24) is 9.55 Å². The second-order valence-corrected chi connectivity index (χ2v) is 7.93. The van der Waals surface area contributed by atoms with Crippen LogP contribution in [0.25, 0.3) is 0 Å². The van der Waals surface area contributed by atoms with Crippen LogP contribution >= 0.6 is 23.2 Å². The normalized spacial score (nSPS) is 12.4. The van der Waals surface area contributed by atoms with Gasteiger partial charge in [-0.25, -0.2) is 4.98 Å². The summed E-state index contributed by atoms with van der Waals surface area (Å²) < 4.78 is 8.30. The summed E-state index contributed by atoms with van der Waals surface area (Å²) in [6.07, 6.45) is 16.8. The maximum absolute atomic E-state index is 6.42. The lowest BCUT2D eigenvalue weighted by Gasteiger charge is -2.20. The molecule has 5 heteroatoms. The van der Waals surface area contributed by atoms with Gasteiger partial charge in [-0.3, -0.25) is 0 Å². The highest BCUT2D eigenvalue weighted by atomic mass is 35.5. The molecule has 0 saturated heterocycles. The molecule has 0 N–H and O–H groups in total. The van der Waals surface area contributed by atoms with E-state index in [-0.39, 0.29) is 6.10 Å². The topological polar surface area (TPSA) is 27.1 Å². The summed E-state index contributed by atoms with van der Waals surface area (Å²) in [7, 11) is 0. The number of unbranched alkanes of at least 4 members (excludes halogenated alkanes) is 7. The molecule has 1 heterocycles. The van der Waals surface area contributed by atoms with Crippen molar-refractivity contribution in [3.8, 4) is 0 Å². The number of halogens is 2. The van der Waals surface area contributed by atoms with Crippen LogP contribution in [0.4, 0.5) is 0 Å².